The molecule has 1 aliphatic carbocycles. The van der Waals surface area contributed by atoms with Gasteiger partial charge < -0.3 is 0 Å². The lowest BCUT2D eigenvalue weighted by Crippen LogP contribution is -2.09. The van der Waals surface area contributed by atoms with Gasteiger partial charge in [-0.2, -0.15) is 5.10 Å². The van der Waals surface area contributed by atoms with Crippen LogP contribution in [0.1, 0.15) is 58.9 Å². The molecule has 1 saturated carbocycles. The Hall–Kier alpha value is -1.90. The molecule has 1 heterocycles. The monoisotopic (exact) mass is 282 g/mol. The Bertz CT molecular complexity index is 651. The van der Waals surface area contributed by atoms with Crippen LogP contribution in [0.3, 0.4) is 0 Å². The smallest absolute Gasteiger partial charge is 0.169 e. The summed E-state index contributed by atoms with van der Waals surface area (Å²) in [6.45, 7) is 4.01. The largest absolute Gasteiger partial charge is 0.294 e. The number of benzene rings is 1. The van der Waals surface area contributed by atoms with Crippen LogP contribution in [0.5, 0.6) is 0 Å². The fourth-order valence-corrected chi connectivity index (χ4v) is 3.14. The van der Waals surface area contributed by atoms with Gasteiger partial charge in [-0.1, -0.05) is 30.5 Å². The summed E-state index contributed by atoms with van der Waals surface area (Å²) in [4.78, 5) is 12.5. The van der Waals surface area contributed by atoms with Crippen LogP contribution >= 0.6 is 0 Å². The minimum atomic E-state index is 0.160. The Morgan fingerprint density at radius 3 is 2.76 bits per heavy atom. The van der Waals surface area contributed by atoms with E-state index in [1.54, 1.807) is 0 Å². The third kappa shape index (κ3) is 3.07. The number of hydrogen-bond donors (Lipinski definition) is 0. The minimum absolute atomic E-state index is 0.160. The van der Waals surface area contributed by atoms with Crippen LogP contribution in [-0.2, 0) is 6.42 Å². The average molecular weight is 282 g/mol. The standard InChI is InChI=1S/C18H22N2O/c1-13-7-8-14(2)17(11-13)18(21)12-15-9-10-20(19-15)16-5-3-4-6-16/h7-11,16H,3-6,12H2,1-2H3. The summed E-state index contributed by atoms with van der Waals surface area (Å²) in [6, 6.07) is 8.56. The van der Waals surface area contributed by atoms with Crippen LogP contribution in [0.15, 0.2) is 30.5 Å². The van der Waals surface area contributed by atoms with Crippen LogP contribution in [0.4, 0.5) is 0 Å². The summed E-state index contributed by atoms with van der Waals surface area (Å²) < 4.78 is 2.05. The molecule has 3 heteroatoms. The molecular formula is C18H22N2O. The highest BCUT2D eigenvalue weighted by molar-refractivity contribution is 5.98. The molecule has 0 N–H and O–H groups in total. The van der Waals surface area contributed by atoms with Crippen LogP contribution in [0.2, 0.25) is 0 Å². The van der Waals surface area contributed by atoms with Crippen LogP contribution in [0, 0.1) is 13.8 Å². The molecule has 1 aliphatic rings. The second kappa shape index (κ2) is 5.84. The Morgan fingerprint density at radius 2 is 2.00 bits per heavy atom. The fourth-order valence-electron chi connectivity index (χ4n) is 3.14. The molecule has 0 amide bonds. The van der Waals surface area contributed by atoms with E-state index in [1.807, 2.05) is 44.3 Å². The summed E-state index contributed by atoms with van der Waals surface area (Å²) in [7, 11) is 0. The Kier molecular flexibility index (Phi) is 3.91. The van der Waals surface area contributed by atoms with Gasteiger partial charge in [0, 0.05) is 11.8 Å². The number of rotatable bonds is 4. The molecular weight excluding hydrogens is 260 g/mol. The highest BCUT2D eigenvalue weighted by atomic mass is 16.1. The topological polar surface area (TPSA) is 34.9 Å². The molecule has 3 nitrogen and oxygen atoms in total. The summed E-state index contributed by atoms with van der Waals surface area (Å²) >= 11 is 0. The average Bonchev–Trinajstić information content (AvgIpc) is 3.11. The molecule has 2 aromatic rings. The number of Topliss-reactive ketones (excluding diaryl/α,β-unsaturated/α-hetero) is 1. The number of nitrogens with zero attached hydrogens (tertiary/aromatic N) is 2. The van der Waals surface area contributed by atoms with Gasteiger partial charge in [-0.15, -0.1) is 0 Å². The van der Waals surface area contributed by atoms with E-state index in [2.05, 4.69) is 9.78 Å². The van der Waals surface area contributed by atoms with E-state index in [9.17, 15) is 4.79 Å². The number of aryl methyl sites for hydroxylation is 2. The lowest BCUT2D eigenvalue weighted by molar-refractivity contribution is 0.0991. The van der Waals surface area contributed by atoms with Crippen molar-refractivity contribution in [2.45, 2.75) is 52.0 Å². The zero-order valence-electron chi connectivity index (χ0n) is 12.8. The quantitative estimate of drug-likeness (QED) is 0.793. The molecule has 0 bridgehead atoms. The van der Waals surface area contributed by atoms with Crippen molar-refractivity contribution in [1.82, 2.24) is 9.78 Å². The molecule has 1 aromatic carbocycles. The van der Waals surface area contributed by atoms with Gasteiger partial charge >= 0.3 is 0 Å². The molecule has 0 aliphatic heterocycles. The second-order valence-corrected chi connectivity index (χ2v) is 6.14. The summed E-state index contributed by atoms with van der Waals surface area (Å²) in [5, 5.41) is 4.61. The van der Waals surface area contributed by atoms with Crippen molar-refractivity contribution in [3.05, 3.63) is 52.8 Å². The van der Waals surface area contributed by atoms with Crippen LogP contribution < -0.4 is 0 Å². The van der Waals surface area contributed by atoms with Gasteiger partial charge in [0.2, 0.25) is 0 Å². The second-order valence-electron chi connectivity index (χ2n) is 6.14. The number of aromatic nitrogens is 2. The Morgan fingerprint density at radius 1 is 1.24 bits per heavy atom. The molecule has 21 heavy (non-hydrogen) atoms. The zero-order valence-corrected chi connectivity index (χ0v) is 12.8. The number of carbonyl (C=O) groups is 1. The van der Waals surface area contributed by atoms with Gasteiger partial charge in [0.15, 0.2) is 5.78 Å². The van der Waals surface area contributed by atoms with E-state index in [1.165, 1.54) is 25.7 Å². The first kappa shape index (κ1) is 14.1. The van der Waals surface area contributed by atoms with Gasteiger partial charge in [-0.3, -0.25) is 9.48 Å². The predicted octanol–water partition coefficient (Wildman–Crippen LogP) is 4.04. The fraction of sp³-hybridized carbons (Fsp3) is 0.444. The van der Waals surface area contributed by atoms with E-state index in [0.717, 1.165) is 22.4 Å². The van der Waals surface area contributed by atoms with E-state index in [4.69, 9.17) is 0 Å². The molecule has 0 saturated heterocycles. The number of ketones is 1. The molecule has 1 fully saturated rings. The minimum Gasteiger partial charge on any atom is -0.294 e. The lowest BCUT2D eigenvalue weighted by Gasteiger charge is -2.09. The van der Waals surface area contributed by atoms with Gasteiger partial charge in [-0.05, 0) is 44.4 Å². The third-order valence-electron chi connectivity index (χ3n) is 4.40. The first-order valence-electron chi connectivity index (χ1n) is 7.78. The lowest BCUT2D eigenvalue weighted by atomic mass is 9.99. The molecule has 110 valence electrons. The molecule has 0 spiro atoms. The maximum Gasteiger partial charge on any atom is 0.169 e. The predicted molar refractivity (Wildman–Crippen MR) is 83.7 cm³/mol. The van der Waals surface area contributed by atoms with E-state index < -0.39 is 0 Å². The van der Waals surface area contributed by atoms with Gasteiger partial charge in [0.05, 0.1) is 18.2 Å². The van der Waals surface area contributed by atoms with Gasteiger partial charge in [-0.25, -0.2) is 0 Å². The molecule has 0 radical (unpaired) electrons. The summed E-state index contributed by atoms with van der Waals surface area (Å²) in [5.74, 6) is 0.160. The maximum absolute atomic E-state index is 12.5. The van der Waals surface area contributed by atoms with Crippen molar-refractivity contribution in [3.8, 4) is 0 Å². The maximum atomic E-state index is 12.5. The van der Waals surface area contributed by atoms with Gasteiger partial charge in [0.25, 0.3) is 0 Å². The zero-order chi connectivity index (χ0) is 14.8. The normalized spacial score (nSPS) is 15.5. The highest BCUT2D eigenvalue weighted by Crippen LogP contribution is 2.28. The summed E-state index contributed by atoms with van der Waals surface area (Å²) in [6.07, 6.45) is 7.44. The number of hydrogen-bond acceptors (Lipinski definition) is 2. The van der Waals surface area contributed by atoms with E-state index in [0.29, 0.717) is 12.5 Å². The third-order valence-corrected chi connectivity index (χ3v) is 4.40. The SMILES string of the molecule is Cc1ccc(C)c(C(=O)Cc2ccn(C3CCCC3)n2)c1. The van der Waals surface area contributed by atoms with E-state index >= 15 is 0 Å². The van der Waals surface area contributed by atoms with Crippen molar-refractivity contribution in [1.29, 1.82) is 0 Å². The van der Waals surface area contributed by atoms with Crippen molar-refractivity contribution in [2.75, 3.05) is 0 Å². The van der Waals surface area contributed by atoms with Crippen molar-refractivity contribution >= 4 is 5.78 Å². The Labute approximate surface area is 126 Å². The first-order valence-corrected chi connectivity index (χ1v) is 7.78. The van der Waals surface area contributed by atoms with Crippen LogP contribution in [0.25, 0.3) is 0 Å². The highest BCUT2D eigenvalue weighted by Gasteiger charge is 2.18. The first-order chi connectivity index (χ1) is 10.1. The van der Waals surface area contributed by atoms with Gasteiger partial charge in [0.1, 0.15) is 0 Å². The van der Waals surface area contributed by atoms with E-state index in [-0.39, 0.29) is 5.78 Å². The molecule has 3 rings (SSSR count). The van der Waals surface area contributed by atoms with Crippen LogP contribution in [-0.4, -0.2) is 15.6 Å². The summed E-state index contributed by atoms with van der Waals surface area (Å²) in [5.41, 5.74) is 3.87. The molecule has 0 unspecified atom stereocenters. The molecule has 0 atom stereocenters. The number of carbonyl (C=O) groups excluding carboxylic acids is 1. The van der Waals surface area contributed by atoms with Crippen molar-refractivity contribution < 1.29 is 4.79 Å². The Balaban J connectivity index is 1.74. The van der Waals surface area contributed by atoms with Crippen molar-refractivity contribution in [2.24, 2.45) is 0 Å². The molecule has 1 aromatic heterocycles. The van der Waals surface area contributed by atoms with Crippen molar-refractivity contribution in [3.63, 3.8) is 0 Å².